The van der Waals surface area contributed by atoms with E-state index in [-0.39, 0.29) is 11.9 Å². The highest BCUT2D eigenvalue weighted by Gasteiger charge is 2.22. The van der Waals surface area contributed by atoms with Gasteiger partial charge >= 0.3 is 0 Å². The molecule has 4 nitrogen and oxygen atoms in total. The summed E-state index contributed by atoms with van der Waals surface area (Å²) in [6.07, 6.45) is 2.89. The fourth-order valence-corrected chi connectivity index (χ4v) is 2.08. The zero-order valence-electron chi connectivity index (χ0n) is 10.7. The second kappa shape index (κ2) is 6.86. The summed E-state index contributed by atoms with van der Waals surface area (Å²) in [6, 6.07) is 0.751. The molecule has 1 aliphatic rings. The first kappa shape index (κ1) is 13.5. The van der Waals surface area contributed by atoms with E-state index in [9.17, 15) is 4.79 Å². The Balaban J connectivity index is 2.42. The van der Waals surface area contributed by atoms with Gasteiger partial charge in [-0.05, 0) is 33.2 Å². The molecule has 1 amide bonds. The molecule has 1 atom stereocenters. The second-order valence-corrected chi connectivity index (χ2v) is 4.68. The molecule has 1 N–H and O–H groups in total. The van der Waals surface area contributed by atoms with E-state index in [1.807, 2.05) is 4.90 Å². The minimum atomic E-state index is 0.200. The summed E-state index contributed by atoms with van der Waals surface area (Å²) in [5, 5.41) is 3.43. The van der Waals surface area contributed by atoms with Crippen molar-refractivity contribution in [2.45, 2.75) is 45.2 Å². The van der Waals surface area contributed by atoms with Gasteiger partial charge in [-0.2, -0.15) is 0 Å². The molecule has 1 unspecified atom stereocenters. The Labute approximate surface area is 98.3 Å². The highest BCUT2D eigenvalue weighted by atomic mass is 16.5. The number of amides is 1. The Bertz CT molecular complexity index is 213. The lowest BCUT2D eigenvalue weighted by atomic mass is 10.2. The first-order chi connectivity index (χ1) is 7.65. The van der Waals surface area contributed by atoms with Gasteiger partial charge in [0, 0.05) is 25.7 Å². The van der Waals surface area contributed by atoms with Crippen LogP contribution in [-0.2, 0) is 9.53 Å². The first-order valence-corrected chi connectivity index (χ1v) is 6.17. The van der Waals surface area contributed by atoms with Crippen LogP contribution in [0.5, 0.6) is 0 Å². The molecule has 0 aliphatic carbocycles. The third-order valence-corrected chi connectivity index (χ3v) is 3.04. The van der Waals surface area contributed by atoms with Crippen LogP contribution in [0.25, 0.3) is 0 Å². The molecule has 4 heteroatoms. The van der Waals surface area contributed by atoms with Gasteiger partial charge in [0.1, 0.15) is 0 Å². The third kappa shape index (κ3) is 4.10. The van der Waals surface area contributed by atoms with Crippen LogP contribution in [0.2, 0.25) is 0 Å². The highest BCUT2D eigenvalue weighted by Crippen LogP contribution is 2.10. The Hall–Kier alpha value is -0.610. The largest absolute Gasteiger partial charge is 0.384 e. The van der Waals surface area contributed by atoms with Crippen LogP contribution in [0, 0.1) is 0 Å². The minimum absolute atomic E-state index is 0.200. The smallest absolute Gasteiger partial charge is 0.225 e. The molecule has 1 heterocycles. The normalized spacial score (nSPS) is 20.4. The summed E-state index contributed by atoms with van der Waals surface area (Å²) in [5.41, 5.74) is 0. The number of hydrogen-bond acceptors (Lipinski definition) is 3. The number of nitrogens with one attached hydrogen (secondary N) is 1. The van der Waals surface area contributed by atoms with E-state index in [4.69, 9.17) is 4.74 Å². The maximum Gasteiger partial charge on any atom is 0.225 e. The van der Waals surface area contributed by atoms with Crippen molar-refractivity contribution in [2.24, 2.45) is 0 Å². The molecule has 0 spiro atoms. The number of carbonyl (C=O) groups is 1. The second-order valence-electron chi connectivity index (χ2n) is 4.68. The lowest BCUT2D eigenvalue weighted by molar-refractivity contribution is -0.134. The number of methoxy groups -OCH3 is 1. The maximum absolute atomic E-state index is 11.9. The van der Waals surface area contributed by atoms with Crippen molar-refractivity contribution >= 4 is 5.91 Å². The average molecular weight is 228 g/mol. The molecular formula is C12H24N2O2. The van der Waals surface area contributed by atoms with E-state index in [1.165, 1.54) is 12.8 Å². The molecule has 0 aromatic rings. The van der Waals surface area contributed by atoms with E-state index < -0.39 is 0 Å². The minimum Gasteiger partial charge on any atom is -0.384 e. The number of rotatable bonds is 6. The molecule has 1 rings (SSSR count). The molecule has 0 aromatic heterocycles. The molecule has 1 saturated heterocycles. The van der Waals surface area contributed by atoms with Gasteiger partial charge in [0.15, 0.2) is 0 Å². The molecular weight excluding hydrogens is 204 g/mol. The lowest BCUT2D eigenvalue weighted by Crippen LogP contribution is -2.45. The molecule has 0 aromatic carbocycles. The Morgan fingerprint density at radius 3 is 2.81 bits per heavy atom. The Kier molecular flexibility index (Phi) is 5.77. The first-order valence-electron chi connectivity index (χ1n) is 6.17. The Morgan fingerprint density at radius 1 is 1.56 bits per heavy atom. The van der Waals surface area contributed by atoms with Crippen molar-refractivity contribution in [1.82, 2.24) is 10.2 Å². The lowest BCUT2D eigenvalue weighted by Gasteiger charge is -2.29. The van der Waals surface area contributed by atoms with Crippen LogP contribution < -0.4 is 5.32 Å². The number of ether oxygens (including phenoxy) is 1. The van der Waals surface area contributed by atoms with Crippen LogP contribution >= 0.6 is 0 Å². The summed E-state index contributed by atoms with van der Waals surface area (Å²) < 4.78 is 4.95. The molecule has 94 valence electrons. The van der Waals surface area contributed by atoms with Gasteiger partial charge in [0.05, 0.1) is 13.0 Å². The summed E-state index contributed by atoms with van der Waals surface area (Å²) in [4.78, 5) is 13.9. The SMILES string of the molecule is COCCC(=O)N(CC1CCCN1)C(C)C. The summed E-state index contributed by atoms with van der Waals surface area (Å²) in [6.45, 7) is 6.57. The van der Waals surface area contributed by atoms with Gasteiger partial charge in [-0.25, -0.2) is 0 Å². The van der Waals surface area contributed by atoms with Crippen LogP contribution in [0.15, 0.2) is 0 Å². The van der Waals surface area contributed by atoms with Gasteiger partial charge in [-0.15, -0.1) is 0 Å². The van der Waals surface area contributed by atoms with Crippen molar-refractivity contribution < 1.29 is 9.53 Å². The van der Waals surface area contributed by atoms with Crippen LogP contribution in [-0.4, -0.2) is 49.7 Å². The van der Waals surface area contributed by atoms with Crippen molar-refractivity contribution in [3.63, 3.8) is 0 Å². The van der Waals surface area contributed by atoms with Crippen molar-refractivity contribution in [2.75, 3.05) is 26.8 Å². The van der Waals surface area contributed by atoms with Gasteiger partial charge in [0.2, 0.25) is 5.91 Å². The zero-order chi connectivity index (χ0) is 12.0. The summed E-state index contributed by atoms with van der Waals surface area (Å²) >= 11 is 0. The average Bonchev–Trinajstić information content (AvgIpc) is 2.74. The van der Waals surface area contributed by atoms with Crippen LogP contribution in [0.4, 0.5) is 0 Å². The Morgan fingerprint density at radius 2 is 2.31 bits per heavy atom. The molecule has 0 radical (unpaired) electrons. The van der Waals surface area contributed by atoms with Gasteiger partial charge in [0.25, 0.3) is 0 Å². The van der Waals surface area contributed by atoms with E-state index >= 15 is 0 Å². The van der Waals surface area contributed by atoms with E-state index in [0.29, 0.717) is 19.1 Å². The third-order valence-electron chi connectivity index (χ3n) is 3.04. The van der Waals surface area contributed by atoms with Crippen molar-refractivity contribution in [3.8, 4) is 0 Å². The number of hydrogen-bond donors (Lipinski definition) is 1. The number of nitrogens with zero attached hydrogens (tertiary/aromatic N) is 1. The molecule has 0 bridgehead atoms. The van der Waals surface area contributed by atoms with Crippen molar-refractivity contribution in [3.05, 3.63) is 0 Å². The monoisotopic (exact) mass is 228 g/mol. The van der Waals surface area contributed by atoms with E-state index in [2.05, 4.69) is 19.2 Å². The fourth-order valence-electron chi connectivity index (χ4n) is 2.08. The number of carbonyl (C=O) groups excluding carboxylic acids is 1. The quantitative estimate of drug-likeness (QED) is 0.738. The molecule has 0 saturated carbocycles. The molecule has 1 fully saturated rings. The predicted octanol–water partition coefficient (Wildman–Crippen LogP) is 1.01. The standard InChI is InChI=1S/C12H24N2O2/c1-10(2)14(12(15)6-8-16-3)9-11-5-4-7-13-11/h10-11,13H,4-9H2,1-3H3. The van der Waals surface area contributed by atoms with E-state index in [1.54, 1.807) is 7.11 Å². The maximum atomic E-state index is 11.9. The van der Waals surface area contributed by atoms with Crippen LogP contribution in [0.3, 0.4) is 0 Å². The highest BCUT2D eigenvalue weighted by molar-refractivity contribution is 5.76. The topological polar surface area (TPSA) is 41.6 Å². The molecule has 16 heavy (non-hydrogen) atoms. The summed E-state index contributed by atoms with van der Waals surface area (Å²) in [7, 11) is 1.63. The van der Waals surface area contributed by atoms with Crippen molar-refractivity contribution in [1.29, 1.82) is 0 Å². The van der Waals surface area contributed by atoms with Crippen LogP contribution in [0.1, 0.15) is 33.1 Å². The predicted molar refractivity (Wildman–Crippen MR) is 64.4 cm³/mol. The van der Waals surface area contributed by atoms with Gasteiger partial charge in [-0.1, -0.05) is 0 Å². The van der Waals surface area contributed by atoms with Gasteiger partial charge < -0.3 is 15.0 Å². The van der Waals surface area contributed by atoms with E-state index in [0.717, 1.165) is 13.1 Å². The van der Waals surface area contributed by atoms with Gasteiger partial charge in [-0.3, -0.25) is 4.79 Å². The summed E-state index contributed by atoms with van der Waals surface area (Å²) in [5.74, 6) is 0.200. The molecule has 1 aliphatic heterocycles. The zero-order valence-corrected chi connectivity index (χ0v) is 10.7. The fraction of sp³-hybridized carbons (Fsp3) is 0.917.